The van der Waals surface area contributed by atoms with Gasteiger partial charge in [-0.1, -0.05) is 30.3 Å². The van der Waals surface area contributed by atoms with Crippen molar-refractivity contribution < 1.29 is 9.90 Å². The molecule has 0 radical (unpaired) electrons. The molecule has 2 heterocycles. The van der Waals surface area contributed by atoms with Gasteiger partial charge in [0.25, 0.3) is 0 Å². The molecule has 5 heteroatoms. The number of thiophene rings is 1. The van der Waals surface area contributed by atoms with Gasteiger partial charge in [0, 0.05) is 31.7 Å². The predicted molar refractivity (Wildman–Crippen MR) is 96.9 cm³/mol. The summed E-state index contributed by atoms with van der Waals surface area (Å²) >= 11 is 1.61. The van der Waals surface area contributed by atoms with Crippen LogP contribution in [0.4, 0.5) is 0 Å². The number of aliphatic hydroxyl groups excluding tert-OH is 1. The lowest BCUT2D eigenvalue weighted by Gasteiger charge is -2.38. The van der Waals surface area contributed by atoms with Crippen LogP contribution in [-0.4, -0.2) is 41.7 Å². The molecule has 1 saturated heterocycles. The Hall–Kier alpha value is -1.69. The van der Waals surface area contributed by atoms with Crippen LogP contribution in [0.15, 0.2) is 47.2 Å². The maximum Gasteiger partial charge on any atom is 0.224 e. The van der Waals surface area contributed by atoms with E-state index in [1.165, 1.54) is 5.56 Å². The van der Waals surface area contributed by atoms with Crippen LogP contribution in [0.1, 0.15) is 17.5 Å². The topological polar surface area (TPSA) is 52.6 Å². The first kappa shape index (κ1) is 17.1. The lowest BCUT2D eigenvalue weighted by Crippen LogP contribution is -2.53. The SMILES string of the molecule is O=C(Cc1ccsc1)NC1CN(Cc2ccccc2)CCC1CO. The number of hydrogen-bond donors (Lipinski definition) is 2. The van der Waals surface area contributed by atoms with Gasteiger partial charge in [0.1, 0.15) is 0 Å². The average molecular weight is 344 g/mol. The highest BCUT2D eigenvalue weighted by Crippen LogP contribution is 2.20. The summed E-state index contributed by atoms with van der Waals surface area (Å²) in [5, 5.41) is 16.8. The lowest BCUT2D eigenvalue weighted by atomic mass is 9.91. The molecule has 3 rings (SSSR count). The first-order valence-electron chi connectivity index (χ1n) is 8.42. The Balaban J connectivity index is 1.57. The van der Waals surface area contributed by atoms with Crippen molar-refractivity contribution in [3.8, 4) is 0 Å². The number of nitrogens with zero attached hydrogens (tertiary/aromatic N) is 1. The minimum atomic E-state index is 0.0126. The van der Waals surface area contributed by atoms with E-state index >= 15 is 0 Å². The number of amides is 1. The molecule has 1 aromatic carbocycles. The fraction of sp³-hybridized carbons (Fsp3) is 0.421. The molecule has 4 nitrogen and oxygen atoms in total. The van der Waals surface area contributed by atoms with E-state index in [2.05, 4.69) is 34.5 Å². The van der Waals surface area contributed by atoms with Gasteiger partial charge in [-0.3, -0.25) is 9.69 Å². The van der Waals surface area contributed by atoms with Crippen molar-refractivity contribution in [3.63, 3.8) is 0 Å². The second-order valence-electron chi connectivity index (χ2n) is 6.43. The first-order valence-corrected chi connectivity index (χ1v) is 9.36. The van der Waals surface area contributed by atoms with Crippen LogP contribution in [-0.2, 0) is 17.8 Å². The molecule has 0 saturated carbocycles. The summed E-state index contributed by atoms with van der Waals surface area (Å²) in [5.74, 6) is 0.182. The summed E-state index contributed by atoms with van der Waals surface area (Å²) in [6.45, 7) is 2.75. The summed E-state index contributed by atoms with van der Waals surface area (Å²) < 4.78 is 0. The van der Waals surface area contributed by atoms with Gasteiger partial charge in [-0.05, 0) is 40.9 Å². The third-order valence-corrected chi connectivity index (χ3v) is 5.35. The quantitative estimate of drug-likeness (QED) is 0.845. The van der Waals surface area contributed by atoms with E-state index in [1.54, 1.807) is 11.3 Å². The molecular weight excluding hydrogens is 320 g/mol. The van der Waals surface area contributed by atoms with E-state index in [0.29, 0.717) is 6.42 Å². The Morgan fingerprint density at radius 3 is 2.79 bits per heavy atom. The van der Waals surface area contributed by atoms with E-state index < -0.39 is 0 Å². The molecule has 1 aliphatic heterocycles. The average Bonchev–Trinajstić information content (AvgIpc) is 3.09. The van der Waals surface area contributed by atoms with Gasteiger partial charge in [-0.25, -0.2) is 0 Å². The first-order chi connectivity index (χ1) is 11.7. The minimum Gasteiger partial charge on any atom is -0.396 e. The number of likely N-dealkylation sites (tertiary alicyclic amines) is 1. The highest BCUT2D eigenvalue weighted by Gasteiger charge is 2.29. The van der Waals surface area contributed by atoms with Crippen molar-refractivity contribution in [2.24, 2.45) is 5.92 Å². The van der Waals surface area contributed by atoms with Crippen molar-refractivity contribution in [2.45, 2.75) is 25.4 Å². The zero-order valence-corrected chi connectivity index (χ0v) is 14.5. The Labute approximate surface area is 147 Å². The number of hydrogen-bond acceptors (Lipinski definition) is 4. The van der Waals surface area contributed by atoms with Crippen LogP contribution in [0.25, 0.3) is 0 Å². The van der Waals surface area contributed by atoms with Crippen molar-refractivity contribution in [1.29, 1.82) is 0 Å². The van der Waals surface area contributed by atoms with Gasteiger partial charge in [-0.15, -0.1) is 0 Å². The van der Waals surface area contributed by atoms with Gasteiger partial charge in [-0.2, -0.15) is 11.3 Å². The van der Waals surface area contributed by atoms with Crippen LogP contribution in [0.5, 0.6) is 0 Å². The highest BCUT2D eigenvalue weighted by atomic mass is 32.1. The predicted octanol–water partition coefficient (Wildman–Crippen LogP) is 2.29. The third kappa shape index (κ3) is 4.66. The van der Waals surface area contributed by atoms with Crippen molar-refractivity contribution in [3.05, 3.63) is 58.3 Å². The fourth-order valence-corrected chi connectivity index (χ4v) is 3.94. The Kier molecular flexibility index (Phi) is 6.01. The molecule has 1 aliphatic rings. The van der Waals surface area contributed by atoms with Crippen molar-refractivity contribution >= 4 is 17.2 Å². The Bertz CT molecular complexity index is 630. The smallest absolute Gasteiger partial charge is 0.224 e. The van der Waals surface area contributed by atoms with Crippen LogP contribution < -0.4 is 5.32 Å². The molecule has 24 heavy (non-hydrogen) atoms. The summed E-state index contributed by atoms with van der Waals surface area (Å²) in [4.78, 5) is 14.7. The van der Waals surface area contributed by atoms with E-state index in [9.17, 15) is 9.90 Å². The molecule has 2 unspecified atom stereocenters. The summed E-state index contributed by atoms with van der Waals surface area (Å²) in [6, 6.07) is 12.4. The lowest BCUT2D eigenvalue weighted by molar-refractivity contribution is -0.122. The van der Waals surface area contributed by atoms with Crippen molar-refractivity contribution in [2.75, 3.05) is 19.7 Å². The molecular formula is C19H24N2O2S. The van der Waals surface area contributed by atoms with E-state index in [0.717, 1.165) is 31.6 Å². The number of benzene rings is 1. The van der Waals surface area contributed by atoms with Crippen LogP contribution in [0.2, 0.25) is 0 Å². The summed E-state index contributed by atoms with van der Waals surface area (Å²) in [7, 11) is 0. The molecule has 128 valence electrons. The molecule has 1 aromatic heterocycles. The number of carbonyl (C=O) groups is 1. The molecule has 0 bridgehead atoms. The fourth-order valence-electron chi connectivity index (χ4n) is 3.27. The maximum atomic E-state index is 12.3. The van der Waals surface area contributed by atoms with Crippen molar-refractivity contribution in [1.82, 2.24) is 10.2 Å². The minimum absolute atomic E-state index is 0.0126. The molecule has 0 aliphatic carbocycles. The normalized spacial score (nSPS) is 21.5. The van der Waals surface area contributed by atoms with Crippen LogP contribution in [0, 0.1) is 5.92 Å². The monoisotopic (exact) mass is 344 g/mol. The molecule has 2 aromatic rings. The molecule has 0 spiro atoms. The van der Waals surface area contributed by atoms with E-state index in [1.807, 2.05) is 22.9 Å². The van der Waals surface area contributed by atoms with Gasteiger partial charge in [0.2, 0.25) is 5.91 Å². The van der Waals surface area contributed by atoms with E-state index in [4.69, 9.17) is 0 Å². The molecule has 2 N–H and O–H groups in total. The second-order valence-corrected chi connectivity index (χ2v) is 7.21. The van der Waals surface area contributed by atoms with Gasteiger partial charge in [0.15, 0.2) is 0 Å². The van der Waals surface area contributed by atoms with E-state index in [-0.39, 0.29) is 24.5 Å². The zero-order valence-electron chi connectivity index (χ0n) is 13.7. The number of aliphatic hydroxyl groups is 1. The number of rotatable bonds is 6. The highest BCUT2D eigenvalue weighted by molar-refractivity contribution is 7.07. The number of nitrogens with one attached hydrogen (secondary N) is 1. The second kappa shape index (κ2) is 8.42. The maximum absolute atomic E-state index is 12.3. The number of carbonyl (C=O) groups excluding carboxylic acids is 1. The largest absolute Gasteiger partial charge is 0.396 e. The Morgan fingerprint density at radius 1 is 1.25 bits per heavy atom. The third-order valence-electron chi connectivity index (χ3n) is 4.61. The summed E-state index contributed by atoms with van der Waals surface area (Å²) in [6.07, 6.45) is 1.32. The molecule has 1 fully saturated rings. The summed E-state index contributed by atoms with van der Waals surface area (Å²) in [5.41, 5.74) is 2.33. The van der Waals surface area contributed by atoms with Gasteiger partial charge < -0.3 is 10.4 Å². The van der Waals surface area contributed by atoms with Gasteiger partial charge >= 0.3 is 0 Å². The number of piperidine rings is 1. The zero-order chi connectivity index (χ0) is 16.8. The molecule has 2 atom stereocenters. The van der Waals surface area contributed by atoms with Crippen LogP contribution >= 0.6 is 11.3 Å². The van der Waals surface area contributed by atoms with Gasteiger partial charge in [0.05, 0.1) is 6.42 Å². The standard InChI is InChI=1S/C19H24N2O2S/c22-13-17-6-8-21(11-15-4-2-1-3-5-15)12-18(17)20-19(23)10-16-7-9-24-14-16/h1-5,7,9,14,17-18,22H,6,8,10-13H2,(H,20,23). The van der Waals surface area contributed by atoms with Crippen LogP contribution in [0.3, 0.4) is 0 Å². The molecule has 1 amide bonds. The Morgan fingerprint density at radius 2 is 2.08 bits per heavy atom.